The van der Waals surface area contributed by atoms with Gasteiger partial charge in [0.2, 0.25) is 0 Å². The first-order chi connectivity index (χ1) is 26.2. The van der Waals surface area contributed by atoms with Crippen molar-refractivity contribution in [2.45, 2.75) is 0 Å². The minimum atomic E-state index is 0.619. The standard InChI is InChI=1S/C49H31N3O/c1-3-12-32(13-4-1)33-24-26-34(27-25-33)36-16-9-18-38(30-36)48-50-47(35-14-5-2-6-15-35)51-49(52-48)39-19-10-17-37(31-39)40-21-11-22-43-41(40)28-29-44-42-20-7-8-23-45(42)53-46(43)44/h1-31H. The SMILES string of the molecule is c1ccc(-c2ccc(-c3cccc(-c4nc(-c5ccccc5)nc(-c5cccc(-c6cccc7c6ccc6c8ccccc8oc76)c5)n4)c3)cc2)cc1. The summed E-state index contributed by atoms with van der Waals surface area (Å²) in [6.07, 6.45) is 0. The fourth-order valence-corrected chi connectivity index (χ4v) is 7.29. The van der Waals surface area contributed by atoms with Crippen LogP contribution in [-0.2, 0) is 0 Å². The molecule has 0 saturated heterocycles. The van der Waals surface area contributed by atoms with E-state index >= 15 is 0 Å². The number of aromatic nitrogens is 3. The highest BCUT2D eigenvalue weighted by Crippen LogP contribution is 2.38. The summed E-state index contributed by atoms with van der Waals surface area (Å²) in [5.41, 5.74) is 11.4. The van der Waals surface area contributed by atoms with Crippen LogP contribution in [0.1, 0.15) is 0 Å². The molecule has 10 aromatic rings. The van der Waals surface area contributed by atoms with Crippen molar-refractivity contribution in [3.05, 3.63) is 188 Å². The van der Waals surface area contributed by atoms with Crippen molar-refractivity contribution in [2.75, 3.05) is 0 Å². The van der Waals surface area contributed by atoms with E-state index in [1.54, 1.807) is 0 Å². The third-order valence-corrected chi connectivity index (χ3v) is 9.95. The summed E-state index contributed by atoms with van der Waals surface area (Å²) in [6, 6.07) is 65.2. The lowest BCUT2D eigenvalue weighted by Crippen LogP contribution is -2.00. The number of rotatable bonds is 6. The lowest BCUT2D eigenvalue weighted by Gasteiger charge is -2.12. The average molecular weight is 678 g/mol. The van der Waals surface area contributed by atoms with Crippen molar-refractivity contribution in [3.63, 3.8) is 0 Å². The maximum Gasteiger partial charge on any atom is 0.164 e. The molecule has 0 aliphatic carbocycles. The maximum absolute atomic E-state index is 6.39. The third-order valence-electron chi connectivity index (χ3n) is 9.95. The first kappa shape index (κ1) is 30.6. The van der Waals surface area contributed by atoms with Gasteiger partial charge < -0.3 is 4.42 Å². The van der Waals surface area contributed by atoms with E-state index in [1.165, 1.54) is 11.1 Å². The van der Waals surface area contributed by atoms with E-state index in [9.17, 15) is 0 Å². The molecule has 0 aliphatic heterocycles. The molecule has 0 unspecified atom stereocenters. The van der Waals surface area contributed by atoms with Crippen LogP contribution in [0.2, 0.25) is 0 Å². The molecule has 0 spiro atoms. The van der Waals surface area contributed by atoms with Crippen LogP contribution < -0.4 is 0 Å². The Bertz CT molecular complexity index is 2930. The predicted octanol–water partition coefficient (Wildman–Crippen LogP) is 12.9. The second-order valence-electron chi connectivity index (χ2n) is 13.2. The van der Waals surface area contributed by atoms with Gasteiger partial charge >= 0.3 is 0 Å². The molecule has 248 valence electrons. The van der Waals surface area contributed by atoms with E-state index in [4.69, 9.17) is 19.4 Å². The summed E-state index contributed by atoms with van der Waals surface area (Å²) in [6.45, 7) is 0. The Balaban J connectivity index is 1.06. The number of fused-ring (bicyclic) bond motifs is 5. The number of furan rings is 1. The van der Waals surface area contributed by atoms with Crippen molar-refractivity contribution in [2.24, 2.45) is 0 Å². The Morgan fingerprint density at radius 1 is 0.283 bits per heavy atom. The summed E-state index contributed by atoms with van der Waals surface area (Å²) in [5, 5.41) is 4.47. The van der Waals surface area contributed by atoms with Gasteiger partial charge in [0.1, 0.15) is 11.2 Å². The monoisotopic (exact) mass is 677 g/mol. The molecule has 0 bridgehead atoms. The molecular formula is C49H31N3O. The molecule has 0 saturated carbocycles. The van der Waals surface area contributed by atoms with Crippen molar-refractivity contribution >= 4 is 32.7 Å². The van der Waals surface area contributed by atoms with Crippen LogP contribution in [0, 0.1) is 0 Å². The van der Waals surface area contributed by atoms with Gasteiger partial charge in [-0.3, -0.25) is 0 Å². The van der Waals surface area contributed by atoms with Crippen LogP contribution in [0.3, 0.4) is 0 Å². The lowest BCUT2D eigenvalue weighted by molar-refractivity contribution is 0.672. The fourth-order valence-electron chi connectivity index (χ4n) is 7.29. The summed E-state index contributed by atoms with van der Waals surface area (Å²) in [4.78, 5) is 15.2. The molecular weight excluding hydrogens is 647 g/mol. The van der Waals surface area contributed by atoms with E-state index in [1.807, 2.05) is 48.5 Å². The van der Waals surface area contributed by atoms with Crippen LogP contribution in [-0.4, -0.2) is 15.0 Å². The molecule has 4 heteroatoms. The van der Waals surface area contributed by atoms with Gasteiger partial charge in [-0.05, 0) is 63.0 Å². The summed E-state index contributed by atoms with van der Waals surface area (Å²) < 4.78 is 6.39. The highest BCUT2D eigenvalue weighted by Gasteiger charge is 2.16. The summed E-state index contributed by atoms with van der Waals surface area (Å²) >= 11 is 0. The molecule has 0 aliphatic rings. The Labute approximate surface area is 306 Å². The first-order valence-electron chi connectivity index (χ1n) is 17.8. The maximum atomic E-state index is 6.39. The Morgan fingerprint density at radius 3 is 1.45 bits per heavy atom. The van der Waals surface area contributed by atoms with Crippen molar-refractivity contribution in [1.82, 2.24) is 15.0 Å². The molecule has 53 heavy (non-hydrogen) atoms. The topological polar surface area (TPSA) is 51.8 Å². The number of hydrogen-bond acceptors (Lipinski definition) is 4. The fraction of sp³-hybridized carbons (Fsp3) is 0. The molecule has 0 fully saturated rings. The van der Waals surface area contributed by atoms with E-state index < -0.39 is 0 Å². The Kier molecular flexibility index (Phi) is 7.43. The molecule has 10 rings (SSSR count). The first-order valence-corrected chi connectivity index (χ1v) is 17.8. The van der Waals surface area contributed by atoms with Gasteiger partial charge in [-0.15, -0.1) is 0 Å². The van der Waals surface area contributed by atoms with E-state index in [0.29, 0.717) is 17.5 Å². The van der Waals surface area contributed by atoms with E-state index in [0.717, 1.165) is 71.7 Å². The average Bonchev–Trinajstić information content (AvgIpc) is 3.63. The van der Waals surface area contributed by atoms with Crippen LogP contribution in [0.15, 0.2) is 192 Å². The molecule has 4 nitrogen and oxygen atoms in total. The summed E-state index contributed by atoms with van der Waals surface area (Å²) in [5.74, 6) is 1.87. The smallest absolute Gasteiger partial charge is 0.164 e. The number of hydrogen-bond donors (Lipinski definition) is 0. The number of para-hydroxylation sites is 1. The minimum absolute atomic E-state index is 0.619. The second-order valence-corrected chi connectivity index (χ2v) is 13.2. The molecule has 2 aromatic heterocycles. The quantitative estimate of drug-likeness (QED) is 0.176. The Hall–Kier alpha value is -7.17. The van der Waals surface area contributed by atoms with E-state index in [-0.39, 0.29) is 0 Å². The van der Waals surface area contributed by atoms with Crippen LogP contribution in [0.25, 0.3) is 100 Å². The van der Waals surface area contributed by atoms with Gasteiger partial charge in [-0.1, -0.05) is 164 Å². The zero-order valence-electron chi connectivity index (χ0n) is 28.6. The minimum Gasteiger partial charge on any atom is -0.455 e. The molecule has 0 atom stereocenters. The third kappa shape index (κ3) is 5.63. The molecule has 0 amide bonds. The zero-order valence-corrected chi connectivity index (χ0v) is 28.6. The van der Waals surface area contributed by atoms with Crippen molar-refractivity contribution in [3.8, 4) is 67.5 Å². The molecule has 8 aromatic carbocycles. The molecule has 0 radical (unpaired) electrons. The van der Waals surface area contributed by atoms with Gasteiger partial charge in [0.05, 0.1) is 0 Å². The number of benzene rings is 8. The van der Waals surface area contributed by atoms with Gasteiger partial charge in [0.15, 0.2) is 17.5 Å². The second kappa shape index (κ2) is 12.9. The molecule has 0 N–H and O–H groups in total. The van der Waals surface area contributed by atoms with Crippen molar-refractivity contribution < 1.29 is 4.42 Å². The number of nitrogens with zero attached hydrogens (tertiary/aromatic N) is 3. The van der Waals surface area contributed by atoms with Crippen LogP contribution >= 0.6 is 0 Å². The highest BCUT2D eigenvalue weighted by atomic mass is 16.3. The zero-order chi connectivity index (χ0) is 35.1. The Morgan fingerprint density at radius 2 is 0.736 bits per heavy atom. The van der Waals surface area contributed by atoms with Crippen molar-refractivity contribution in [1.29, 1.82) is 0 Å². The lowest BCUT2D eigenvalue weighted by atomic mass is 9.95. The highest BCUT2D eigenvalue weighted by molar-refractivity contribution is 6.17. The predicted molar refractivity (Wildman–Crippen MR) is 217 cm³/mol. The van der Waals surface area contributed by atoms with Gasteiger partial charge in [-0.25, -0.2) is 15.0 Å². The summed E-state index contributed by atoms with van der Waals surface area (Å²) in [7, 11) is 0. The van der Waals surface area contributed by atoms with Gasteiger partial charge in [-0.2, -0.15) is 0 Å². The molecule has 2 heterocycles. The van der Waals surface area contributed by atoms with Crippen LogP contribution in [0.4, 0.5) is 0 Å². The normalized spacial score (nSPS) is 11.4. The van der Waals surface area contributed by atoms with Gasteiger partial charge in [0.25, 0.3) is 0 Å². The van der Waals surface area contributed by atoms with Crippen LogP contribution in [0.5, 0.6) is 0 Å². The van der Waals surface area contributed by atoms with E-state index in [2.05, 4.69) is 140 Å². The largest absolute Gasteiger partial charge is 0.455 e. The van der Waals surface area contributed by atoms with Gasteiger partial charge in [0, 0.05) is 32.8 Å².